The first-order valence-corrected chi connectivity index (χ1v) is 8.48. The van der Waals surface area contributed by atoms with Crippen molar-refractivity contribution < 1.29 is 9.59 Å². The molecule has 2 amide bonds. The highest BCUT2D eigenvalue weighted by molar-refractivity contribution is 6.04. The Morgan fingerprint density at radius 3 is 2.65 bits per heavy atom. The molecule has 1 saturated heterocycles. The van der Waals surface area contributed by atoms with Gasteiger partial charge in [-0.2, -0.15) is 0 Å². The number of hydrogen-bond donors (Lipinski definition) is 1. The molecule has 0 unspecified atom stereocenters. The van der Waals surface area contributed by atoms with Crippen molar-refractivity contribution in [3.05, 3.63) is 24.3 Å². The van der Waals surface area contributed by atoms with Crippen LogP contribution in [0.5, 0.6) is 0 Å². The van der Waals surface area contributed by atoms with Gasteiger partial charge in [0, 0.05) is 12.5 Å². The number of anilines is 2. The number of carbonyl (C=O) groups excluding carboxylic acids is 2. The number of carbonyl (C=O) groups is 2. The fourth-order valence-electron chi connectivity index (χ4n) is 3.46. The van der Waals surface area contributed by atoms with E-state index in [-0.39, 0.29) is 17.9 Å². The Morgan fingerprint density at radius 2 is 1.91 bits per heavy atom. The summed E-state index contributed by atoms with van der Waals surface area (Å²) in [4.78, 5) is 28.9. The van der Waals surface area contributed by atoms with Crippen molar-refractivity contribution >= 4 is 23.2 Å². The van der Waals surface area contributed by atoms with E-state index in [2.05, 4.69) is 17.1 Å². The number of para-hydroxylation sites is 2. The van der Waals surface area contributed by atoms with Gasteiger partial charge in [0.2, 0.25) is 11.8 Å². The summed E-state index contributed by atoms with van der Waals surface area (Å²) in [7, 11) is 0. The molecule has 0 saturated carbocycles. The van der Waals surface area contributed by atoms with Crippen LogP contribution in [0.1, 0.15) is 33.1 Å². The number of fused-ring (bicyclic) bond motifs is 1. The standard InChI is InChI=1S/C18H25N3O2/c1-13-7-9-20(10-8-13)12-18(23)21-14(2)11-17(22)19-15-5-3-4-6-16(15)21/h3-6,13-14H,7-12H2,1-2H3,(H,19,22)/t14-/m1/s1. The van der Waals surface area contributed by atoms with Crippen LogP contribution in [0.15, 0.2) is 24.3 Å². The number of rotatable bonds is 2. The molecule has 2 heterocycles. The van der Waals surface area contributed by atoms with E-state index in [0.29, 0.717) is 13.0 Å². The van der Waals surface area contributed by atoms with Gasteiger partial charge in [0.1, 0.15) is 0 Å². The Kier molecular flexibility index (Phi) is 4.66. The third-order valence-electron chi connectivity index (χ3n) is 4.86. The summed E-state index contributed by atoms with van der Waals surface area (Å²) in [5.74, 6) is 0.795. The molecule has 2 aliphatic rings. The van der Waals surface area contributed by atoms with Gasteiger partial charge in [-0.25, -0.2) is 0 Å². The molecule has 1 N–H and O–H groups in total. The zero-order valence-corrected chi connectivity index (χ0v) is 13.9. The molecule has 3 rings (SSSR count). The highest BCUT2D eigenvalue weighted by Gasteiger charge is 2.30. The number of benzene rings is 1. The highest BCUT2D eigenvalue weighted by Crippen LogP contribution is 2.31. The molecule has 1 fully saturated rings. The quantitative estimate of drug-likeness (QED) is 0.912. The van der Waals surface area contributed by atoms with Gasteiger partial charge in [-0.15, -0.1) is 0 Å². The van der Waals surface area contributed by atoms with Gasteiger partial charge in [0.25, 0.3) is 0 Å². The maximum absolute atomic E-state index is 12.9. The van der Waals surface area contributed by atoms with E-state index in [0.717, 1.165) is 43.2 Å². The summed E-state index contributed by atoms with van der Waals surface area (Å²) in [5.41, 5.74) is 1.53. The van der Waals surface area contributed by atoms with Crippen LogP contribution in [-0.2, 0) is 9.59 Å². The second-order valence-electron chi connectivity index (χ2n) is 6.84. The topological polar surface area (TPSA) is 52.7 Å². The first-order valence-electron chi connectivity index (χ1n) is 8.48. The van der Waals surface area contributed by atoms with Crippen molar-refractivity contribution in [3.63, 3.8) is 0 Å². The molecule has 1 aromatic rings. The number of piperidine rings is 1. The van der Waals surface area contributed by atoms with Crippen molar-refractivity contribution in [3.8, 4) is 0 Å². The smallest absolute Gasteiger partial charge is 0.241 e. The molecule has 5 heteroatoms. The molecule has 1 aromatic carbocycles. The van der Waals surface area contributed by atoms with Gasteiger partial charge in [-0.1, -0.05) is 19.1 Å². The molecule has 23 heavy (non-hydrogen) atoms. The first kappa shape index (κ1) is 16.0. The van der Waals surface area contributed by atoms with E-state index < -0.39 is 0 Å². The second kappa shape index (κ2) is 6.71. The summed E-state index contributed by atoms with van der Waals surface area (Å²) in [5, 5.41) is 2.90. The monoisotopic (exact) mass is 315 g/mol. The van der Waals surface area contributed by atoms with Crippen molar-refractivity contribution in [2.24, 2.45) is 5.92 Å². The fourth-order valence-corrected chi connectivity index (χ4v) is 3.46. The maximum Gasteiger partial charge on any atom is 0.241 e. The van der Waals surface area contributed by atoms with Crippen molar-refractivity contribution in [1.29, 1.82) is 0 Å². The van der Waals surface area contributed by atoms with Gasteiger partial charge in [0.15, 0.2) is 0 Å². The van der Waals surface area contributed by atoms with E-state index in [1.165, 1.54) is 0 Å². The minimum atomic E-state index is -0.130. The Morgan fingerprint density at radius 1 is 1.22 bits per heavy atom. The Balaban J connectivity index is 1.79. The van der Waals surface area contributed by atoms with Gasteiger partial charge >= 0.3 is 0 Å². The van der Waals surface area contributed by atoms with Crippen LogP contribution < -0.4 is 10.2 Å². The lowest BCUT2D eigenvalue weighted by Crippen LogP contribution is -2.46. The normalized spacial score (nSPS) is 23.1. The van der Waals surface area contributed by atoms with Crippen LogP contribution in [-0.4, -0.2) is 42.4 Å². The van der Waals surface area contributed by atoms with Crippen LogP contribution >= 0.6 is 0 Å². The van der Waals surface area contributed by atoms with Gasteiger partial charge in [-0.3, -0.25) is 14.5 Å². The van der Waals surface area contributed by atoms with E-state index >= 15 is 0 Å². The third kappa shape index (κ3) is 3.55. The van der Waals surface area contributed by atoms with Crippen molar-refractivity contribution in [1.82, 2.24) is 4.90 Å². The molecule has 0 aliphatic carbocycles. The first-order chi connectivity index (χ1) is 11.0. The van der Waals surface area contributed by atoms with Gasteiger partial charge in [0.05, 0.1) is 17.9 Å². The van der Waals surface area contributed by atoms with Gasteiger partial charge in [-0.05, 0) is 50.9 Å². The van der Waals surface area contributed by atoms with Crippen LogP contribution in [0, 0.1) is 5.92 Å². The lowest BCUT2D eigenvalue weighted by Gasteiger charge is -2.33. The molecule has 1 atom stereocenters. The summed E-state index contributed by atoms with van der Waals surface area (Å²) >= 11 is 0. The maximum atomic E-state index is 12.9. The lowest BCUT2D eigenvalue weighted by atomic mass is 9.99. The van der Waals surface area contributed by atoms with Crippen LogP contribution in [0.3, 0.4) is 0 Å². The molecule has 2 aliphatic heterocycles. The molecular formula is C18H25N3O2. The van der Waals surface area contributed by atoms with E-state index in [9.17, 15) is 9.59 Å². The Hall–Kier alpha value is -1.88. The molecule has 0 radical (unpaired) electrons. The largest absolute Gasteiger partial charge is 0.324 e. The fraction of sp³-hybridized carbons (Fsp3) is 0.556. The summed E-state index contributed by atoms with van der Waals surface area (Å²) in [6, 6.07) is 7.42. The number of nitrogens with one attached hydrogen (secondary N) is 1. The lowest BCUT2D eigenvalue weighted by molar-refractivity contribution is -0.120. The summed E-state index contributed by atoms with van der Waals surface area (Å²) in [6.07, 6.45) is 2.64. The second-order valence-corrected chi connectivity index (χ2v) is 6.84. The zero-order chi connectivity index (χ0) is 16.4. The van der Waals surface area contributed by atoms with Crippen LogP contribution in [0.4, 0.5) is 11.4 Å². The highest BCUT2D eigenvalue weighted by atomic mass is 16.2. The van der Waals surface area contributed by atoms with Crippen LogP contribution in [0.2, 0.25) is 0 Å². The van der Waals surface area contributed by atoms with E-state index in [1.54, 1.807) is 4.90 Å². The summed E-state index contributed by atoms with van der Waals surface area (Å²) in [6.45, 7) is 6.60. The molecule has 0 aromatic heterocycles. The predicted octanol–water partition coefficient (Wildman–Crippen LogP) is 2.48. The Bertz CT molecular complexity index is 594. The van der Waals surface area contributed by atoms with Crippen molar-refractivity contribution in [2.45, 2.75) is 39.2 Å². The van der Waals surface area contributed by atoms with Crippen molar-refractivity contribution in [2.75, 3.05) is 29.9 Å². The minimum Gasteiger partial charge on any atom is -0.324 e. The van der Waals surface area contributed by atoms with Crippen LogP contribution in [0.25, 0.3) is 0 Å². The summed E-state index contributed by atoms with van der Waals surface area (Å²) < 4.78 is 0. The number of nitrogens with zero attached hydrogens (tertiary/aromatic N) is 2. The number of hydrogen-bond acceptors (Lipinski definition) is 3. The number of likely N-dealkylation sites (tertiary alicyclic amines) is 1. The van der Waals surface area contributed by atoms with Gasteiger partial charge < -0.3 is 10.2 Å². The average Bonchev–Trinajstić information content (AvgIpc) is 2.63. The molecule has 5 nitrogen and oxygen atoms in total. The Labute approximate surface area is 137 Å². The molecule has 0 spiro atoms. The third-order valence-corrected chi connectivity index (χ3v) is 4.86. The predicted molar refractivity (Wildman–Crippen MR) is 91.5 cm³/mol. The minimum absolute atomic E-state index is 0.0351. The van der Waals surface area contributed by atoms with E-state index in [4.69, 9.17) is 0 Å². The molecule has 124 valence electrons. The molecular weight excluding hydrogens is 290 g/mol. The SMILES string of the molecule is CC1CCN(CC(=O)N2c3ccccc3NC(=O)C[C@H]2C)CC1. The average molecular weight is 315 g/mol. The zero-order valence-electron chi connectivity index (χ0n) is 13.9. The molecule has 0 bridgehead atoms. The number of amides is 2. The van der Waals surface area contributed by atoms with E-state index in [1.807, 2.05) is 31.2 Å².